The van der Waals surface area contributed by atoms with E-state index in [1.165, 1.54) is 11.3 Å². The van der Waals surface area contributed by atoms with E-state index in [1.807, 2.05) is 66.7 Å². The van der Waals surface area contributed by atoms with Crippen molar-refractivity contribution in [1.82, 2.24) is 0 Å². The Balaban J connectivity index is 1.90. The molecule has 3 nitrogen and oxygen atoms in total. The highest BCUT2D eigenvalue weighted by Gasteiger charge is 2.31. The van der Waals surface area contributed by atoms with Crippen LogP contribution < -0.4 is 9.80 Å². The van der Waals surface area contributed by atoms with Crippen LogP contribution in [0.5, 0.6) is 0 Å². The van der Waals surface area contributed by atoms with Gasteiger partial charge in [-0.2, -0.15) is 0 Å². The van der Waals surface area contributed by atoms with Crippen molar-refractivity contribution in [2.75, 3.05) is 36.0 Å². The second-order valence-corrected chi connectivity index (χ2v) is 9.82. The number of nitrogens with zero attached hydrogens (tertiary/aromatic N) is 2. The monoisotopic (exact) mass is 530 g/mol. The van der Waals surface area contributed by atoms with Crippen LogP contribution in [0.2, 0.25) is 0 Å². The molecule has 1 N–H and O–H groups in total. The average Bonchev–Trinajstić information content (AvgIpc) is 3.02. The third kappa shape index (κ3) is 6.21. The smallest absolute Gasteiger partial charge is 0.135 e. The number of benzene rings is 4. The summed E-state index contributed by atoms with van der Waals surface area (Å²) in [6, 6.07) is 37.3. The second kappa shape index (κ2) is 13.8. The maximum atomic E-state index is 12.5. The summed E-state index contributed by atoms with van der Waals surface area (Å²) in [5.74, 6) is 0. The van der Waals surface area contributed by atoms with E-state index in [1.54, 1.807) is 0 Å². The molecule has 0 heterocycles. The summed E-state index contributed by atoms with van der Waals surface area (Å²) < 4.78 is 0. The van der Waals surface area contributed by atoms with Gasteiger partial charge in [-0.3, -0.25) is 0 Å². The molecule has 0 aromatic heterocycles. The molecule has 1 atom stereocenters. The molecule has 0 aliphatic carbocycles. The number of hydrogen-bond acceptors (Lipinski definition) is 3. The van der Waals surface area contributed by atoms with E-state index in [9.17, 15) is 5.11 Å². The van der Waals surface area contributed by atoms with Crippen LogP contribution in [-0.2, 0) is 5.60 Å². The van der Waals surface area contributed by atoms with Crippen LogP contribution in [0, 0.1) is 0 Å². The van der Waals surface area contributed by atoms with Gasteiger partial charge in [-0.15, -0.1) is 0 Å². The predicted octanol–water partition coefficient (Wildman–Crippen LogP) is 8.30. The van der Waals surface area contributed by atoms with Crippen molar-refractivity contribution in [1.29, 1.82) is 0 Å². The Kier molecular flexibility index (Phi) is 9.99. The van der Waals surface area contributed by atoms with Gasteiger partial charge in [-0.05, 0) is 62.6 Å². The van der Waals surface area contributed by atoms with Crippen LogP contribution in [0.4, 0.5) is 11.4 Å². The normalized spacial score (nSPS) is 13.3. The molecule has 0 fully saturated rings. The summed E-state index contributed by atoms with van der Waals surface area (Å²) in [5, 5.41) is 12.5. The van der Waals surface area contributed by atoms with Crippen LogP contribution in [0.3, 0.4) is 0 Å². The van der Waals surface area contributed by atoms with E-state index >= 15 is 0 Å². The number of hydrogen-bond donors (Lipinski definition) is 1. The minimum atomic E-state index is -1.31. The Morgan fingerprint density at radius 2 is 1.12 bits per heavy atom. The summed E-state index contributed by atoms with van der Waals surface area (Å²) in [7, 11) is 0. The molecule has 1 unspecified atom stereocenters. The van der Waals surface area contributed by atoms with Crippen LogP contribution in [0.15, 0.2) is 127 Å². The molecule has 206 valence electrons. The first-order chi connectivity index (χ1) is 19.6. The lowest BCUT2D eigenvalue weighted by molar-refractivity contribution is 0.135. The standard InChI is InChI=1S/C37H42N2O/c1-5-38(6-2)35-27-17-15-24-33(35)32(30-20-11-9-12-21-30)25-19-29-37(40,31-22-13-10-14-23-31)34-26-16-18-28-36(34)39(7-3)8-4/h9-29,40H,5-8H2,1-4H3. The molecule has 0 aliphatic heterocycles. The lowest BCUT2D eigenvalue weighted by atomic mass is 9.84. The van der Waals surface area contributed by atoms with Gasteiger partial charge >= 0.3 is 0 Å². The van der Waals surface area contributed by atoms with Crippen LogP contribution in [0.25, 0.3) is 5.57 Å². The van der Waals surface area contributed by atoms with Gasteiger partial charge in [-0.1, -0.05) is 109 Å². The molecule has 0 radical (unpaired) electrons. The molecule has 4 aromatic carbocycles. The topological polar surface area (TPSA) is 26.7 Å². The fourth-order valence-corrected chi connectivity index (χ4v) is 5.45. The number of allylic oxidation sites excluding steroid dienone is 2. The molecule has 3 heteroatoms. The van der Waals surface area contributed by atoms with Crippen molar-refractivity contribution >= 4 is 16.9 Å². The molecule has 0 aliphatic rings. The highest BCUT2D eigenvalue weighted by atomic mass is 16.3. The molecular weight excluding hydrogens is 488 g/mol. The first-order valence-electron chi connectivity index (χ1n) is 14.5. The van der Waals surface area contributed by atoms with E-state index in [-0.39, 0.29) is 0 Å². The number of anilines is 2. The van der Waals surface area contributed by atoms with Crippen LogP contribution in [0.1, 0.15) is 49.9 Å². The summed E-state index contributed by atoms with van der Waals surface area (Å²) in [6.07, 6.45) is 6.10. The zero-order valence-corrected chi connectivity index (χ0v) is 24.3. The number of rotatable bonds is 12. The molecule has 40 heavy (non-hydrogen) atoms. The van der Waals surface area contributed by atoms with E-state index in [2.05, 4.69) is 98.2 Å². The van der Waals surface area contributed by atoms with Gasteiger partial charge in [0.15, 0.2) is 0 Å². The molecule has 0 saturated carbocycles. The van der Waals surface area contributed by atoms with Gasteiger partial charge in [0.05, 0.1) is 0 Å². The van der Waals surface area contributed by atoms with Gasteiger partial charge in [0.25, 0.3) is 0 Å². The fraction of sp³-hybridized carbons (Fsp3) is 0.243. The maximum Gasteiger partial charge on any atom is 0.135 e. The van der Waals surface area contributed by atoms with E-state index in [0.717, 1.165) is 54.1 Å². The number of para-hydroxylation sites is 2. The van der Waals surface area contributed by atoms with Crippen LogP contribution >= 0.6 is 0 Å². The van der Waals surface area contributed by atoms with E-state index < -0.39 is 5.60 Å². The third-order valence-electron chi connectivity index (χ3n) is 7.62. The van der Waals surface area contributed by atoms with Crippen molar-refractivity contribution in [3.8, 4) is 0 Å². The minimum absolute atomic E-state index is 0.837. The van der Waals surface area contributed by atoms with Gasteiger partial charge in [0.1, 0.15) is 5.60 Å². The largest absolute Gasteiger partial charge is 0.377 e. The Hall–Kier alpha value is -4.08. The molecule has 0 amide bonds. The van der Waals surface area contributed by atoms with E-state index in [4.69, 9.17) is 0 Å². The third-order valence-corrected chi connectivity index (χ3v) is 7.62. The predicted molar refractivity (Wildman–Crippen MR) is 172 cm³/mol. The van der Waals surface area contributed by atoms with Gasteiger partial charge < -0.3 is 14.9 Å². The van der Waals surface area contributed by atoms with Gasteiger partial charge in [0.2, 0.25) is 0 Å². The fourth-order valence-electron chi connectivity index (χ4n) is 5.45. The van der Waals surface area contributed by atoms with Crippen molar-refractivity contribution in [3.63, 3.8) is 0 Å². The molecule has 0 bridgehead atoms. The minimum Gasteiger partial charge on any atom is -0.377 e. The maximum absolute atomic E-state index is 12.5. The van der Waals surface area contributed by atoms with E-state index in [0.29, 0.717) is 0 Å². The zero-order valence-electron chi connectivity index (χ0n) is 24.3. The lowest BCUT2D eigenvalue weighted by Gasteiger charge is -2.32. The zero-order chi connectivity index (χ0) is 28.4. The molecular formula is C37H42N2O. The Bertz CT molecular complexity index is 1400. The van der Waals surface area contributed by atoms with Crippen LogP contribution in [-0.4, -0.2) is 31.3 Å². The molecule has 4 rings (SSSR count). The summed E-state index contributed by atoms with van der Waals surface area (Å²) in [5.41, 5.74) is 6.09. The first kappa shape index (κ1) is 28.9. The summed E-state index contributed by atoms with van der Waals surface area (Å²) in [4.78, 5) is 4.68. The summed E-state index contributed by atoms with van der Waals surface area (Å²) >= 11 is 0. The first-order valence-corrected chi connectivity index (χ1v) is 14.5. The highest BCUT2D eigenvalue weighted by molar-refractivity contribution is 5.87. The second-order valence-electron chi connectivity index (χ2n) is 9.82. The summed E-state index contributed by atoms with van der Waals surface area (Å²) in [6.45, 7) is 12.3. The molecule has 0 saturated heterocycles. The molecule has 4 aromatic rings. The average molecular weight is 531 g/mol. The van der Waals surface area contributed by atoms with Crippen molar-refractivity contribution < 1.29 is 5.11 Å². The molecule has 0 spiro atoms. The Labute approximate surface area is 240 Å². The quantitative estimate of drug-likeness (QED) is 0.187. The Morgan fingerprint density at radius 3 is 1.75 bits per heavy atom. The van der Waals surface area contributed by atoms with Crippen molar-refractivity contribution in [2.45, 2.75) is 33.3 Å². The number of aliphatic hydroxyl groups is 1. The SMILES string of the molecule is CCN(CC)c1ccccc1C(=CC=CC(O)(c1ccccc1)c1ccccc1N(CC)CC)c1ccccc1. The highest BCUT2D eigenvalue weighted by Crippen LogP contribution is 2.38. The Morgan fingerprint density at radius 1 is 0.625 bits per heavy atom. The van der Waals surface area contributed by atoms with Gasteiger partial charge in [0, 0.05) is 48.7 Å². The lowest BCUT2D eigenvalue weighted by Crippen LogP contribution is -2.30. The van der Waals surface area contributed by atoms with Gasteiger partial charge in [-0.25, -0.2) is 0 Å². The van der Waals surface area contributed by atoms with Crippen molar-refractivity contribution in [2.24, 2.45) is 0 Å². The van der Waals surface area contributed by atoms with Crippen molar-refractivity contribution in [3.05, 3.63) is 150 Å².